The first-order valence-electron chi connectivity index (χ1n) is 2.40. The summed E-state index contributed by atoms with van der Waals surface area (Å²) in [6, 6.07) is 0. The van der Waals surface area contributed by atoms with Crippen molar-refractivity contribution in [3.05, 3.63) is 0 Å². The summed E-state index contributed by atoms with van der Waals surface area (Å²) in [5.74, 6) is -0.943. The molecule has 0 saturated carbocycles. The van der Waals surface area contributed by atoms with Crippen LogP contribution in [0.15, 0.2) is 0 Å². The minimum Gasteiger partial charge on any atom is -0.387 e. The highest BCUT2D eigenvalue weighted by Gasteiger charge is 2.28. The first-order chi connectivity index (χ1) is 4.36. The number of hydrogen-bond donors (Lipinski definition) is 1. The third kappa shape index (κ3) is 2.75. The first-order valence-corrected chi connectivity index (χ1v) is 3.98. The van der Waals surface area contributed by atoms with E-state index in [-0.39, 0.29) is 0 Å². The largest absolute Gasteiger partial charge is 0.445 e. The lowest BCUT2D eigenvalue weighted by atomic mass is 10.9. The van der Waals surface area contributed by atoms with Crippen LogP contribution in [0.3, 0.4) is 0 Å². The second-order valence-electron chi connectivity index (χ2n) is 1.62. The second-order valence-corrected chi connectivity index (χ2v) is 3.48. The van der Waals surface area contributed by atoms with Gasteiger partial charge in [-0.05, 0) is 0 Å². The van der Waals surface area contributed by atoms with E-state index in [1.54, 1.807) is 0 Å². The molecule has 0 spiro atoms. The fourth-order valence-electron chi connectivity index (χ4n) is 0.239. The van der Waals surface area contributed by atoms with E-state index in [2.05, 4.69) is 4.52 Å². The van der Waals surface area contributed by atoms with Crippen molar-refractivity contribution in [2.75, 3.05) is 0 Å². The zero-order chi connectivity index (χ0) is 8.36. The Morgan fingerprint density at radius 1 is 1.40 bits per heavy atom. The van der Waals surface area contributed by atoms with Crippen LogP contribution < -0.4 is 0 Å². The second kappa shape index (κ2) is 2.94. The van der Waals surface area contributed by atoms with Gasteiger partial charge in [-0.2, -0.15) is 0 Å². The van der Waals surface area contributed by atoms with Gasteiger partial charge in [0.15, 0.2) is 0 Å². The van der Waals surface area contributed by atoms with Gasteiger partial charge in [0.05, 0.1) is 0 Å². The van der Waals surface area contributed by atoms with E-state index < -0.39 is 19.1 Å². The van der Waals surface area contributed by atoms with Gasteiger partial charge < -0.3 is 9.42 Å². The number of carbonyl (C=O) groups excluding carboxylic acids is 2. The predicted molar refractivity (Wildman–Crippen MR) is 32.3 cm³/mol. The molecule has 0 bridgehead atoms. The Morgan fingerprint density at radius 2 is 1.80 bits per heavy atom. The summed E-state index contributed by atoms with van der Waals surface area (Å²) in [6.45, 7) is 1.83. The first kappa shape index (κ1) is 9.33. The van der Waals surface area contributed by atoms with Crippen LogP contribution in [0, 0.1) is 0 Å². The molecule has 0 aromatic rings. The van der Waals surface area contributed by atoms with E-state index in [9.17, 15) is 14.2 Å². The van der Waals surface area contributed by atoms with E-state index in [0.29, 0.717) is 0 Å². The molecule has 10 heavy (non-hydrogen) atoms. The van der Waals surface area contributed by atoms with Crippen LogP contribution in [0.4, 0.5) is 0 Å². The summed E-state index contributed by atoms with van der Waals surface area (Å²) in [7, 11) is -4.31. The van der Waals surface area contributed by atoms with Gasteiger partial charge >= 0.3 is 13.6 Å². The van der Waals surface area contributed by atoms with Crippen LogP contribution >= 0.6 is 7.60 Å². The highest BCUT2D eigenvalue weighted by Crippen LogP contribution is 2.42. The Labute approximate surface area is 57.5 Å². The van der Waals surface area contributed by atoms with Gasteiger partial charge in [-0.1, -0.05) is 0 Å². The fraction of sp³-hybridized carbons (Fsp3) is 0.500. The summed E-state index contributed by atoms with van der Waals surface area (Å²) in [5, 5.41) is 0. The molecule has 0 radical (unpaired) electrons. The molecule has 1 unspecified atom stereocenters. The lowest BCUT2D eigenvalue weighted by molar-refractivity contribution is -0.133. The maximum atomic E-state index is 10.5. The van der Waals surface area contributed by atoms with Gasteiger partial charge in [-0.25, -0.2) is 4.57 Å². The van der Waals surface area contributed by atoms with E-state index in [0.717, 1.165) is 13.8 Å². The van der Waals surface area contributed by atoms with Gasteiger partial charge in [0, 0.05) is 13.8 Å². The molecule has 1 atom stereocenters. The topological polar surface area (TPSA) is 80.7 Å². The summed E-state index contributed by atoms with van der Waals surface area (Å²) >= 11 is 0. The zero-order valence-electron chi connectivity index (χ0n) is 5.53. The van der Waals surface area contributed by atoms with E-state index in [1.165, 1.54) is 0 Å². The fourth-order valence-corrected chi connectivity index (χ4v) is 0.716. The lowest BCUT2D eigenvalue weighted by Gasteiger charge is -2.04. The summed E-state index contributed by atoms with van der Waals surface area (Å²) in [6.07, 6.45) is 0. The molecular weight excluding hydrogens is 159 g/mol. The van der Waals surface area contributed by atoms with Gasteiger partial charge in [0.25, 0.3) is 5.52 Å². The van der Waals surface area contributed by atoms with Crippen LogP contribution in [0.1, 0.15) is 13.8 Å². The molecule has 1 N–H and O–H groups in total. The molecule has 0 heterocycles. The summed E-state index contributed by atoms with van der Waals surface area (Å²) < 4.78 is 14.3. The molecular formula is C4H7O5P. The predicted octanol–water partition coefficient (Wildman–Crippen LogP) is 0.281. The Bertz CT molecular complexity index is 208. The third-order valence-electron chi connectivity index (χ3n) is 0.650. The molecule has 0 fully saturated rings. The molecule has 0 aromatic heterocycles. The van der Waals surface area contributed by atoms with Crippen molar-refractivity contribution in [3.8, 4) is 0 Å². The van der Waals surface area contributed by atoms with Gasteiger partial charge in [-0.3, -0.25) is 9.59 Å². The number of hydrogen-bond acceptors (Lipinski definition) is 4. The standard InChI is InChI=1S/C4H7O5P/c1-3(5)9-10(7,8)4(2)6/h1-2H3,(H,7,8). The number of carbonyl (C=O) groups is 2. The quantitative estimate of drug-likeness (QED) is 0.596. The average molecular weight is 166 g/mol. The SMILES string of the molecule is CC(=O)OP(=O)(O)C(C)=O. The molecule has 0 saturated heterocycles. The molecule has 0 aliphatic carbocycles. The molecule has 0 rings (SSSR count). The maximum absolute atomic E-state index is 10.5. The molecule has 6 heteroatoms. The maximum Gasteiger partial charge on any atom is 0.445 e. The molecule has 58 valence electrons. The van der Waals surface area contributed by atoms with E-state index in [4.69, 9.17) is 4.89 Å². The minimum absolute atomic E-state index is 0.879. The average Bonchev–Trinajstić information content (AvgIpc) is 1.60. The van der Waals surface area contributed by atoms with Crippen molar-refractivity contribution >= 4 is 19.1 Å². The van der Waals surface area contributed by atoms with Crippen molar-refractivity contribution in [1.82, 2.24) is 0 Å². The van der Waals surface area contributed by atoms with Crippen molar-refractivity contribution in [2.45, 2.75) is 13.8 Å². The van der Waals surface area contributed by atoms with Crippen LogP contribution in [-0.2, 0) is 18.7 Å². The highest BCUT2D eigenvalue weighted by atomic mass is 31.2. The smallest absolute Gasteiger partial charge is 0.387 e. The van der Waals surface area contributed by atoms with E-state index >= 15 is 0 Å². The minimum atomic E-state index is -4.31. The van der Waals surface area contributed by atoms with Gasteiger partial charge in [-0.15, -0.1) is 0 Å². The van der Waals surface area contributed by atoms with Crippen molar-refractivity contribution in [2.24, 2.45) is 0 Å². The normalized spacial score (nSPS) is 15.5. The Hall–Kier alpha value is -0.670. The zero-order valence-corrected chi connectivity index (χ0v) is 6.42. The van der Waals surface area contributed by atoms with Crippen LogP contribution in [0.2, 0.25) is 0 Å². The van der Waals surface area contributed by atoms with Crippen molar-refractivity contribution in [3.63, 3.8) is 0 Å². The third-order valence-corrected chi connectivity index (χ3v) is 1.95. The van der Waals surface area contributed by atoms with E-state index in [1.807, 2.05) is 0 Å². The van der Waals surface area contributed by atoms with Crippen LogP contribution in [0.25, 0.3) is 0 Å². The van der Waals surface area contributed by atoms with Gasteiger partial charge in [0.2, 0.25) is 0 Å². The van der Waals surface area contributed by atoms with Crippen LogP contribution in [-0.4, -0.2) is 16.4 Å². The van der Waals surface area contributed by atoms with Crippen LogP contribution in [0.5, 0.6) is 0 Å². The molecule has 0 amide bonds. The Kier molecular flexibility index (Phi) is 2.75. The van der Waals surface area contributed by atoms with Crippen molar-refractivity contribution < 1.29 is 23.6 Å². The van der Waals surface area contributed by atoms with Gasteiger partial charge in [0.1, 0.15) is 0 Å². The Balaban J connectivity index is 4.29. The lowest BCUT2D eigenvalue weighted by Crippen LogP contribution is -2.02. The summed E-state index contributed by atoms with van der Waals surface area (Å²) in [5.41, 5.74) is -1.04. The van der Waals surface area contributed by atoms with Crippen molar-refractivity contribution in [1.29, 1.82) is 0 Å². The summed E-state index contributed by atoms with van der Waals surface area (Å²) in [4.78, 5) is 28.8. The highest BCUT2D eigenvalue weighted by molar-refractivity contribution is 7.71. The Morgan fingerprint density at radius 3 is 1.90 bits per heavy atom. The monoisotopic (exact) mass is 166 g/mol. The molecule has 0 aliphatic heterocycles. The molecule has 0 aromatic carbocycles. The molecule has 5 nitrogen and oxygen atoms in total. The number of rotatable bonds is 2. The molecule has 0 aliphatic rings.